The molecule has 1 saturated carbocycles. The van der Waals surface area contributed by atoms with Gasteiger partial charge in [-0.3, -0.25) is 4.79 Å². The van der Waals surface area contributed by atoms with Gasteiger partial charge in [0, 0.05) is 16.6 Å². The van der Waals surface area contributed by atoms with Gasteiger partial charge in [-0.1, -0.05) is 0 Å². The molecule has 2 rings (SSSR count). The highest BCUT2D eigenvalue weighted by molar-refractivity contribution is 9.10. The summed E-state index contributed by atoms with van der Waals surface area (Å²) in [5, 5.41) is 7.93. The first kappa shape index (κ1) is 14.5. The number of benzene rings is 1. The van der Waals surface area contributed by atoms with Crippen molar-refractivity contribution in [3.63, 3.8) is 0 Å². The van der Waals surface area contributed by atoms with Crippen molar-refractivity contribution in [3.8, 4) is 0 Å². The Kier molecular flexibility index (Phi) is 3.98. The van der Waals surface area contributed by atoms with Gasteiger partial charge in [-0.15, -0.1) is 0 Å². The summed E-state index contributed by atoms with van der Waals surface area (Å²) in [6.45, 7) is 2.36. The minimum Gasteiger partial charge on any atom is -0.352 e. The van der Waals surface area contributed by atoms with Crippen LogP contribution in [-0.2, 0) is 10.0 Å². The molecule has 0 aromatic heterocycles. The van der Waals surface area contributed by atoms with Crippen molar-refractivity contribution in [2.24, 2.45) is 11.1 Å². The zero-order valence-electron chi connectivity index (χ0n) is 10.4. The van der Waals surface area contributed by atoms with Crippen LogP contribution in [0.1, 0.15) is 28.8 Å². The highest BCUT2D eigenvalue weighted by Crippen LogP contribution is 2.28. The molecule has 5 nitrogen and oxygen atoms in total. The number of sulfonamides is 1. The second-order valence-electron chi connectivity index (χ2n) is 4.80. The van der Waals surface area contributed by atoms with Gasteiger partial charge in [0.2, 0.25) is 10.0 Å². The van der Waals surface area contributed by atoms with Crippen molar-refractivity contribution in [2.45, 2.75) is 24.7 Å². The number of primary sulfonamides is 1. The summed E-state index contributed by atoms with van der Waals surface area (Å²) >= 11 is 3.18. The van der Waals surface area contributed by atoms with E-state index in [9.17, 15) is 13.2 Å². The van der Waals surface area contributed by atoms with Crippen LogP contribution in [0.4, 0.5) is 0 Å². The summed E-state index contributed by atoms with van der Waals surface area (Å²) in [5.74, 6) is 0.297. The first-order valence-electron chi connectivity index (χ1n) is 5.90. The Hall–Kier alpha value is -0.920. The lowest BCUT2D eigenvalue weighted by atomic mass is 10.1. The first-order chi connectivity index (χ1) is 8.79. The van der Waals surface area contributed by atoms with Crippen molar-refractivity contribution in [3.05, 3.63) is 27.7 Å². The molecule has 3 N–H and O–H groups in total. The maximum absolute atomic E-state index is 12.0. The number of nitrogens with two attached hydrogens (primary N) is 1. The van der Waals surface area contributed by atoms with Gasteiger partial charge >= 0.3 is 0 Å². The zero-order chi connectivity index (χ0) is 14.2. The molecule has 19 heavy (non-hydrogen) atoms. The largest absolute Gasteiger partial charge is 0.352 e. The predicted molar refractivity (Wildman–Crippen MR) is 75.3 cm³/mol. The Bertz CT molecular complexity index is 624. The molecule has 0 bridgehead atoms. The standard InChI is InChI=1S/C12H15BrN2O3S/c1-7-4-9(12(16)15-6-8-2-3-8)5-10(11(7)13)19(14,17)18/h4-5,8H,2-3,6H2,1H3,(H,15,16)(H2,14,17,18). The van der Waals surface area contributed by atoms with E-state index in [2.05, 4.69) is 21.2 Å². The molecular weight excluding hydrogens is 332 g/mol. The van der Waals surface area contributed by atoms with Crippen LogP contribution in [0.2, 0.25) is 0 Å². The van der Waals surface area contributed by atoms with E-state index in [1.54, 1.807) is 13.0 Å². The Morgan fingerprint density at radius 2 is 2.11 bits per heavy atom. The summed E-state index contributed by atoms with van der Waals surface area (Å²) < 4.78 is 23.3. The summed E-state index contributed by atoms with van der Waals surface area (Å²) in [7, 11) is -3.86. The maximum Gasteiger partial charge on any atom is 0.251 e. The van der Waals surface area contributed by atoms with Gasteiger partial charge in [0.25, 0.3) is 5.91 Å². The van der Waals surface area contributed by atoms with Gasteiger partial charge in [0.1, 0.15) is 0 Å². The molecule has 0 saturated heterocycles. The van der Waals surface area contributed by atoms with E-state index in [1.165, 1.54) is 6.07 Å². The Balaban J connectivity index is 2.30. The van der Waals surface area contributed by atoms with E-state index in [0.717, 1.165) is 12.8 Å². The number of amides is 1. The number of nitrogens with one attached hydrogen (secondary N) is 1. The molecule has 1 amide bonds. The molecule has 7 heteroatoms. The van der Waals surface area contributed by atoms with Crippen LogP contribution in [0.5, 0.6) is 0 Å². The predicted octanol–water partition coefficient (Wildman–Crippen LogP) is 1.54. The first-order valence-corrected chi connectivity index (χ1v) is 8.24. The number of carbonyl (C=O) groups excluding carboxylic acids is 1. The van der Waals surface area contributed by atoms with Crippen molar-refractivity contribution in [1.29, 1.82) is 0 Å². The number of halogens is 1. The maximum atomic E-state index is 12.0. The van der Waals surface area contributed by atoms with Gasteiger partial charge in [0.05, 0.1) is 4.90 Å². The third kappa shape index (κ3) is 3.55. The minimum atomic E-state index is -3.86. The summed E-state index contributed by atoms with van der Waals surface area (Å²) in [6, 6.07) is 2.94. The summed E-state index contributed by atoms with van der Waals surface area (Å²) in [5.41, 5.74) is 0.966. The number of carbonyl (C=O) groups is 1. The zero-order valence-corrected chi connectivity index (χ0v) is 12.8. The van der Waals surface area contributed by atoms with E-state index in [4.69, 9.17) is 5.14 Å². The Labute approximate surface area is 120 Å². The lowest BCUT2D eigenvalue weighted by Gasteiger charge is -2.10. The number of rotatable bonds is 4. The highest BCUT2D eigenvalue weighted by atomic mass is 79.9. The van der Waals surface area contributed by atoms with Crippen LogP contribution in [-0.4, -0.2) is 20.9 Å². The molecule has 1 aliphatic rings. The molecule has 0 heterocycles. The fourth-order valence-corrected chi connectivity index (χ4v) is 3.34. The smallest absolute Gasteiger partial charge is 0.251 e. The molecule has 0 atom stereocenters. The fourth-order valence-electron chi connectivity index (χ4n) is 1.74. The second kappa shape index (κ2) is 5.22. The van der Waals surface area contributed by atoms with Crippen LogP contribution in [0.25, 0.3) is 0 Å². The molecule has 1 aromatic carbocycles. The van der Waals surface area contributed by atoms with Crippen LogP contribution in [0.15, 0.2) is 21.5 Å². The number of hydrogen-bond donors (Lipinski definition) is 2. The van der Waals surface area contributed by atoms with E-state index in [0.29, 0.717) is 28.1 Å². The quantitative estimate of drug-likeness (QED) is 0.866. The average molecular weight is 347 g/mol. The van der Waals surface area contributed by atoms with Gasteiger partial charge in [0.15, 0.2) is 0 Å². The van der Waals surface area contributed by atoms with E-state index in [1.807, 2.05) is 0 Å². The van der Waals surface area contributed by atoms with Gasteiger partial charge in [-0.2, -0.15) is 0 Å². The highest BCUT2D eigenvalue weighted by Gasteiger charge is 2.23. The van der Waals surface area contributed by atoms with E-state index >= 15 is 0 Å². The van der Waals surface area contributed by atoms with Crippen molar-refractivity contribution < 1.29 is 13.2 Å². The topological polar surface area (TPSA) is 89.3 Å². The second-order valence-corrected chi connectivity index (χ2v) is 7.13. The third-order valence-corrected chi connectivity index (χ3v) is 5.29. The van der Waals surface area contributed by atoms with Crippen molar-refractivity contribution in [1.82, 2.24) is 5.32 Å². The fraction of sp³-hybridized carbons (Fsp3) is 0.417. The monoisotopic (exact) mass is 346 g/mol. The van der Waals surface area contributed by atoms with Crippen LogP contribution >= 0.6 is 15.9 Å². The number of aryl methyl sites for hydroxylation is 1. The molecule has 0 spiro atoms. The number of hydrogen-bond acceptors (Lipinski definition) is 3. The lowest BCUT2D eigenvalue weighted by molar-refractivity contribution is 0.0951. The van der Waals surface area contributed by atoms with Crippen LogP contribution < -0.4 is 10.5 Å². The van der Waals surface area contributed by atoms with Gasteiger partial charge in [-0.25, -0.2) is 13.6 Å². The molecule has 1 aliphatic carbocycles. The third-order valence-electron chi connectivity index (χ3n) is 3.04. The Morgan fingerprint density at radius 1 is 1.47 bits per heavy atom. The van der Waals surface area contributed by atoms with Crippen LogP contribution in [0.3, 0.4) is 0 Å². The van der Waals surface area contributed by atoms with Gasteiger partial charge in [-0.05, 0) is 59.3 Å². The molecule has 0 unspecified atom stereocenters. The minimum absolute atomic E-state index is 0.0657. The average Bonchev–Trinajstić information content (AvgIpc) is 3.11. The normalized spacial score (nSPS) is 15.3. The molecular formula is C12H15BrN2O3S. The van der Waals surface area contributed by atoms with E-state index in [-0.39, 0.29) is 10.8 Å². The summed E-state index contributed by atoms with van der Waals surface area (Å²) in [6.07, 6.45) is 2.28. The van der Waals surface area contributed by atoms with Crippen molar-refractivity contribution >= 4 is 31.9 Å². The molecule has 1 aromatic rings. The van der Waals surface area contributed by atoms with Gasteiger partial charge < -0.3 is 5.32 Å². The molecule has 1 fully saturated rings. The lowest BCUT2D eigenvalue weighted by Crippen LogP contribution is -2.26. The van der Waals surface area contributed by atoms with E-state index < -0.39 is 10.0 Å². The molecule has 0 radical (unpaired) electrons. The SMILES string of the molecule is Cc1cc(C(=O)NCC2CC2)cc(S(N)(=O)=O)c1Br. The Morgan fingerprint density at radius 3 is 2.63 bits per heavy atom. The van der Waals surface area contributed by atoms with Crippen LogP contribution in [0, 0.1) is 12.8 Å². The molecule has 104 valence electrons. The summed E-state index contributed by atoms with van der Waals surface area (Å²) in [4.78, 5) is 11.9. The molecule has 0 aliphatic heterocycles. The van der Waals surface area contributed by atoms with Crippen molar-refractivity contribution in [2.75, 3.05) is 6.54 Å².